The molecule has 0 fully saturated rings. The summed E-state index contributed by atoms with van der Waals surface area (Å²) in [6.45, 7) is 0. The first-order valence-corrected chi connectivity index (χ1v) is 4.67. The van der Waals surface area contributed by atoms with Crippen molar-refractivity contribution in [1.29, 1.82) is 5.26 Å². The molecule has 1 aliphatic carbocycles. The number of amides is 1. The van der Waals surface area contributed by atoms with E-state index in [2.05, 4.69) is 6.07 Å². The van der Waals surface area contributed by atoms with Gasteiger partial charge in [-0.1, -0.05) is 6.07 Å². The molecule has 0 radical (unpaired) electrons. The van der Waals surface area contributed by atoms with Crippen LogP contribution in [0.25, 0.3) is 0 Å². The van der Waals surface area contributed by atoms with Crippen molar-refractivity contribution >= 4 is 6.09 Å². The molecule has 76 valence electrons. The van der Waals surface area contributed by atoms with Crippen LogP contribution in [0, 0.1) is 11.3 Å². The highest BCUT2D eigenvalue weighted by Gasteiger charge is 2.23. The first kappa shape index (κ1) is 9.53. The average Bonchev–Trinajstić information content (AvgIpc) is 2.57. The number of carbonyl (C=O) groups excluding carboxylic acids is 1. The van der Waals surface area contributed by atoms with Crippen molar-refractivity contribution < 1.29 is 9.53 Å². The number of carbonyl (C=O) groups is 1. The maximum absolute atomic E-state index is 10.6. The average molecular weight is 202 g/mol. The highest BCUT2D eigenvalue weighted by Crippen LogP contribution is 2.24. The highest BCUT2D eigenvalue weighted by molar-refractivity contribution is 5.65. The SMILES string of the molecule is N#Cc1ccc2c(c1)CC(OC(N)=O)C2. The number of primary amides is 1. The van der Waals surface area contributed by atoms with E-state index >= 15 is 0 Å². The minimum Gasteiger partial charge on any atom is -0.446 e. The Hall–Kier alpha value is -2.02. The van der Waals surface area contributed by atoms with Crippen molar-refractivity contribution in [2.75, 3.05) is 0 Å². The first-order chi connectivity index (χ1) is 7.19. The Bertz CT molecular complexity index is 448. The summed E-state index contributed by atoms with van der Waals surface area (Å²) in [7, 11) is 0. The Balaban J connectivity index is 2.17. The van der Waals surface area contributed by atoms with Crippen molar-refractivity contribution in [2.24, 2.45) is 5.73 Å². The third-order valence-corrected chi connectivity index (χ3v) is 2.51. The van der Waals surface area contributed by atoms with Crippen LogP contribution in [0.5, 0.6) is 0 Å². The fraction of sp³-hybridized carbons (Fsp3) is 0.273. The molecule has 4 nitrogen and oxygen atoms in total. The van der Waals surface area contributed by atoms with Gasteiger partial charge in [0.2, 0.25) is 0 Å². The molecular weight excluding hydrogens is 192 g/mol. The van der Waals surface area contributed by atoms with E-state index < -0.39 is 6.09 Å². The quantitative estimate of drug-likeness (QED) is 0.741. The molecule has 0 spiro atoms. The number of nitriles is 1. The molecule has 2 N–H and O–H groups in total. The molecule has 1 unspecified atom stereocenters. The topological polar surface area (TPSA) is 76.1 Å². The first-order valence-electron chi connectivity index (χ1n) is 4.67. The summed E-state index contributed by atoms with van der Waals surface area (Å²) in [5.74, 6) is 0. The zero-order valence-electron chi connectivity index (χ0n) is 8.06. The van der Waals surface area contributed by atoms with Crippen molar-refractivity contribution in [2.45, 2.75) is 18.9 Å². The smallest absolute Gasteiger partial charge is 0.404 e. The van der Waals surface area contributed by atoms with E-state index in [0.29, 0.717) is 18.4 Å². The number of hydrogen-bond acceptors (Lipinski definition) is 3. The summed E-state index contributed by atoms with van der Waals surface area (Å²) < 4.78 is 4.92. The number of rotatable bonds is 1. The Kier molecular flexibility index (Phi) is 2.30. The second-order valence-electron chi connectivity index (χ2n) is 3.56. The minimum absolute atomic E-state index is 0.175. The molecule has 0 aromatic heterocycles. The van der Waals surface area contributed by atoms with E-state index in [0.717, 1.165) is 11.1 Å². The van der Waals surface area contributed by atoms with Gasteiger partial charge in [0.25, 0.3) is 0 Å². The molecule has 0 bridgehead atoms. The van der Waals surface area contributed by atoms with Gasteiger partial charge in [-0.3, -0.25) is 0 Å². The van der Waals surface area contributed by atoms with Gasteiger partial charge in [0.15, 0.2) is 0 Å². The lowest BCUT2D eigenvalue weighted by Crippen LogP contribution is -2.22. The third-order valence-electron chi connectivity index (χ3n) is 2.51. The van der Waals surface area contributed by atoms with E-state index in [1.54, 1.807) is 6.07 Å². The lowest BCUT2D eigenvalue weighted by Gasteiger charge is -2.07. The van der Waals surface area contributed by atoms with Crippen LogP contribution in [-0.4, -0.2) is 12.2 Å². The van der Waals surface area contributed by atoms with Gasteiger partial charge < -0.3 is 10.5 Å². The van der Waals surface area contributed by atoms with Crippen LogP contribution in [-0.2, 0) is 17.6 Å². The Labute approximate surface area is 87.3 Å². The lowest BCUT2D eigenvalue weighted by atomic mass is 10.1. The number of hydrogen-bond donors (Lipinski definition) is 1. The molecule has 1 aromatic rings. The van der Waals surface area contributed by atoms with Crippen LogP contribution < -0.4 is 5.73 Å². The zero-order valence-corrected chi connectivity index (χ0v) is 8.06. The molecule has 1 atom stereocenters. The van der Waals surface area contributed by atoms with Gasteiger partial charge in [-0.25, -0.2) is 4.79 Å². The number of ether oxygens (including phenoxy) is 1. The van der Waals surface area contributed by atoms with Crippen molar-refractivity contribution in [3.8, 4) is 6.07 Å². The molecule has 0 saturated carbocycles. The molecule has 1 amide bonds. The van der Waals surface area contributed by atoms with Crippen LogP contribution in [0.2, 0.25) is 0 Å². The van der Waals surface area contributed by atoms with E-state index in [4.69, 9.17) is 15.7 Å². The molecular formula is C11H10N2O2. The lowest BCUT2D eigenvalue weighted by molar-refractivity contribution is 0.112. The molecule has 1 aromatic carbocycles. The highest BCUT2D eigenvalue weighted by atomic mass is 16.6. The summed E-state index contributed by atoms with van der Waals surface area (Å²) in [5, 5.41) is 8.72. The summed E-state index contributed by atoms with van der Waals surface area (Å²) in [6.07, 6.45) is 0.414. The van der Waals surface area contributed by atoms with Crippen LogP contribution in [0.1, 0.15) is 16.7 Å². The van der Waals surface area contributed by atoms with Gasteiger partial charge in [0.1, 0.15) is 6.10 Å². The fourth-order valence-corrected chi connectivity index (χ4v) is 1.89. The van der Waals surface area contributed by atoms with E-state index in [9.17, 15) is 4.79 Å². The second kappa shape index (κ2) is 3.62. The predicted molar refractivity (Wildman–Crippen MR) is 53.0 cm³/mol. The zero-order chi connectivity index (χ0) is 10.8. The summed E-state index contributed by atoms with van der Waals surface area (Å²) in [5.41, 5.74) is 7.78. The van der Waals surface area contributed by atoms with Crippen molar-refractivity contribution in [1.82, 2.24) is 0 Å². The van der Waals surface area contributed by atoms with Crippen molar-refractivity contribution in [3.05, 3.63) is 34.9 Å². The summed E-state index contributed by atoms with van der Waals surface area (Å²) in [6, 6.07) is 7.58. The number of benzene rings is 1. The van der Waals surface area contributed by atoms with Gasteiger partial charge >= 0.3 is 6.09 Å². The van der Waals surface area contributed by atoms with E-state index in [-0.39, 0.29) is 6.10 Å². The molecule has 1 aliphatic rings. The number of nitrogens with zero attached hydrogens (tertiary/aromatic N) is 1. The fourth-order valence-electron chi connectivity index (χ4n) is 1.89. The normalized spacial score (nSPS) is 17.9. The molecule has 15 heavy (non-hydrogen) atoms. The Morgan fingerprint density at radius 3 is 2.87 bits per heavy atom. The number of fused-ring (bicyclic) bond motifs is 1. The van der Waals surface area contributed by atoms with Gasteiger partial charge in [-0.15, -0.1) is 0 Å². The van der Waals surface area contributed by atoms with Crippen molar-refractivity contribution in [3.63, 3.8) is 0 Å². The second-order valence-corrected chi connectivity index (χ2v) is 3.56. The van der Waals surface area contributed by atoms with E-state index in [1.165, 1.54) is 0 Å². The summed E-state index contributed by atoms with van der Waals surface area (Å²) in [4.78, 5) is 10.6. The monoisotopic (exact) mass is 202 g/mol. The molecule has 4 heteroatoms. The standard InChI is InChI=1S/C11H10N2O2/c12-6-7-1-2-8-4-10(15-11(13)14)5-9(8)3-7/h1-3,10H,4-5H2,(H2,13,14). The largest absolute Gasteiger partial charge is 0.446 e. The van der Waals surface area contributed by atoms with Crippen LogP contribution in [0.3, 0.4) is 0 Å². The Morgan fingerprint density at radius 1 is 1.47 bits per heavy atom. The molecule has 2 rings (SSSR count). The van der Waals surface area contributed by atoms with Crippen LogP contribution >= 0.6 is 0 Å². The maximum atomic E-state index is 10.6. The van der Waals surface area contributed by atoms with Crippen LogP contribution in [0.4, 0.5) is 4.79 Å². The third kappa shape index (κ3) is 1.91. The van der Waals surface area contributed by atoms with Gasteiger partial charge in [0, 0.05) is 12.8 Å². The van der Waals surface area contributed by atoms with Gasteiger partial charge in [0.05, 0.1) is 11.6 Å². The molecule has 0 saturated heterocycles. The van der Waals surface area contributed by atoms with E-state index in [1.807, 2.05) is 12.1 Å². The van der Waals surface area contributed by atoms with Gasteiger partial charge in [-0.2, -0.15) is 5.26 Å². The number of nitrogens with two attached hydrogens (primary N) is 1. The minimum atomic E-state index is -0.742. The maximum Gasteiger partial charge on any atom is 0.404 e. The van der Waals surface area contributed by atoms with Crippen LogP contribution in [0.15, 0.2) is 18.2 Å². The Morgan fingerprint density at radius 2 is 2.20 bits per heavy atom. The molecule has 0 aliphatic heterocycles. The summed E-state index contributed by atoms with van der Waals surface area (Å²) >= 11 is 0. The predicted octanol–water partition coefficient (Wildman–Crippen LogP) is 1.12. The molecule has 0 heterocycles. The van der Waals surface area contributed by atoms with Gasteiger partial charge in [-0.05, 0) is 23.3 Å².